The van der Waals surface area contributed by atoms with E-state index < -0.39 is 54.6 Å². The number of hydrogen-bond acceptors (Lipinski definition) is 9. The van der Waals surface area contributed by atoms with E-state index >= 15 is 0 Å². The van der Waals surface area contributed by atoms with Gasteiger partial charge in [0.25, 0.3) is 17.6 Å². The minimum absolute atomic E-state index is 0.0713. The number of nitrogens with zero attached hydrogens (tertiary/aromatic N) is 2. The van der Waals surface area contributed by atoms with Gasteiger partial charge in [-0.2, -0.15) is 0 Å². The monoisotopic (exact) mass is 600 g/mol. The van der Waals surface area contributed by atoms with Gasteiger partial charge in [0.05, 0.1) is 38.1 Å². The highest BCUT2D eigenvalue weighted by Gasteiger charge is 2.36. The van der Waals surface area contributed by atoms with Gasteiger partial charge < -0.3 is 30.0 Å². The van der Waals surface area contributed by atoms with Gasteiger partial charge in [0.2, 0.25) is 12.1 Å². The zero-order valence-corrected chi connectivity index (χ0v) is 23.7. The van der Waals surface area contributed by atoms with Crippen molar-refractivity contribution in [2.75, 3.05) is 25.7 Å². The first-order valence-electron chi connectivity index (χ1n) is 13.2. The minimum Gasteiger partial charge on any atom is -0.496 e. The summed E-state index contributed by atoms with van der Waals surface area (Å²) in [5, 5.41) is 13.7. The first-order valence-corrected chi connectivity index (χ1v) is 13.2. The summed E-state index contributed by atoms with van der Waals surface area (Å²) in [6, 6.07) is 18.5. The Labute approximate surface area is 251 Å². The first kappa shape index (κ1) is 31.1. The molecule has 4 rings (SSSR count). The topological polar surface area (TPSA) is 181 Å². The first-order chi connectivity index (χ1) is 21.2. The number of amides is 3. The SMILES string of the molecule is COc1cccc(OC)c1C(=O)C(=O)NC1N=C(c2ccccc2)c2ccccc2N(CC(=O)N[C@H](C=O)CC(=O)O)C1=O. The minimum atomic E-state index is -1.68. The Hall–Kier alpha value is -5.85. The van der Waals surface area contributed by atoms with Crippen molar-refractivity contribution in [3.63, 3.8) is 0 Å². The van der Waals surface area contributed by atoms with E-state index in [0.29, 0.717) is 16.8 Å². The largest absolute Gasteiger partial charge is 0.496 e. The van der Waals surface area contributed by atoms with Crippen LogP contribution >= 0.6 is 0 Å². The molecule has 2 atom stereocenters. The molecule has 13 heteroatoms. The Balaban J connectivity index is 1.75. The van der Waals surface area contributed by atoms with Gasteiger partial charge in [-0.15, -0.1) is 0 Å². The van der Waals surface area contributed by atoms with Crippen molar-refractivity contribution in [2.45, 2.75) is 18.6 Å². The van der Waals surface area contributed by atoms with Crippen molar-refractivity contribution in [2.24, 2.45) is 4.99 Å². The molecule has 44 heavy (non-hydrogen) atoms. The van der Waals surface area contributed by atoms with E-state index in [1.54, 1.807) is 60.7 Å². The number of fused-ring (bicyclic) bond motifs is 1. The molecule has 1 aliphatic heterocycles. The molecule has 0 saturated carbocycles. The van der Waals surface area contributed by atoms with Gasteiger partial charge in [-0.05, 0) is 18.2 Å². The zero-order chi connectivity index (χ0) is 31.8. The highest BCUT2D eigenvalue weighted by molar-refractivity contribution is 6.44. The molecule has 3 aromatic carbocycles. The van der Waals surface area contributed by atoms with Gasteiger partial charge in [-0.25, -0.2) is 4.99 Å². The van der Waals surface area contributed by atoms with Crippen LogP contribution in [0.1, 0.15) is 27.9 Å². The van der Waals surface area contributed by atoms with Gasteiger partial charge in [-0.3, -0.25) is 28.9 Å². The maximum Gasteiger partial charge on any atom is 0.305 e. The van der Waals surface area contributed by atoms with Gasteiger partial charge in [-0.1, -0.05) is 54.6 Å². The van der Waals surface area contributed by atoms with Crippen molar-refractivity contribution in [3.8, 4) is 11.5 Å². The Morgan fingerprint density at radius 2 is 1.59 bits per heavy atom. The molecule has 226 valence electrons. The van der Waals surface area contributed by atoms with Crippen LogP contribution in [0.15, 0.2) is 77.8 Å². The molecule has 0 aliphatic carbocycles. The van der Waals surface area contributed by atoms with Crippen LogP contribution in [0.4, 0.5) is 5.69 Å². The van der Waals surface area contributed by atoms with Crippen LogP contribution in [0.3, 0.4) is 0 Å². The fourth-order valence-corrected chi connectivity index (χ4v) is 4.61. The quantitative estimate of drug-likeness (QED) is 0.157. The summed E-state index contributed by atoms with van der Waals surface area (Å²) in [6.07, 6.45) is -2.06. The number of carbonyl (C=O) groups is 6. The van der Waals surface area contributed by atoms with Crippen molar-refractivity contribution >= 4 is 47.2 Å². The average Bonchev–Trinajstić information content (AvgIpc) is 3.14. The predicted molar refractivity (Wildman–Crippen MR) is 157 cm³/mol. The number of ketones is 1. The molecule has 3 N–H and O–H groups in total. The molecule has 1 unspecified atom stereocenters. The molecule has 0 saturated heterocycles. The van der Waals surface area contributed by atoms with Crippen LogP contribution in [0.2, 0.25) is 0 Å². The standard InChI is InChI=1S/C31H28N4O9/c1-43-22-13-8-14-23(44-2)26(22)28(40)30(41)34-29-31(42)35(16-24(37)32-19(17-36)15-25(38)39)21-12-7-6-11-20(21)27(33-29)18-9-4-3-5-10-18/h3-14,17,19,29H,15-16H2,1-2H3,(H,32,37)(H,34,41)(H,38,39)/t19-,29?/m0/s1. The number of carbonyl (C=O) groups excluding carboxylic acids is 5. The van der Waals surface area contributed by atoms with E-state index in [4.69, 9.17) is 14.6 Å². The number of para-hydroxylation sites is 1. The van der Waals surface area contributed by atoms with Gasteiger partial charge in [0.15, 0.2) is 0 Å². The lowest BCUT2D eigenvalue weighted by molar-refractivity contribution is -0.138. The number of Topliss-reactive ketones (excluding diaryl/α,β-unsaturated/α-hetero) is 1. The van der Waals surface area contributed by atoms with E-state index in [9.17, 15) is 28.8 Å². The number of anilines is 1. The lowest BCUT2D eigenvalue weighted by Gasteiger charge is -2.25. The van der Waals surface area contributed by atoms with Crippen LogP contribution < -0.4 is 25.0 Å². The summed E-state index contributed by atoms with van der Waals surface area (Å²) < 4.78 is 10.5. The second-order valence-electron chi connectivity index (χ2n) is 9.44. The fraction of sp³-hybridized carbons (Fsp3) is 0.194. The van der Waals surface area contributed by atoms with Crippen LogP contribution in [0, 0.1) is 0 Å². The third kappa shape index (κ3) is 6.78. The molecule has 3 aromatic rings. The number of nitrogens with one attached hydrogen (secondary N) is 2. The number of hydrogen-bond donors (Lipinski definition) is 3. The number of ether oxygens (including phenoxy) is 2. The molecule has 0 aromatic heterocycles. The lowest BCUT2D eigenvalue weighted by Crippen LogP contribution is -2.52. The van der Waals surface area contributed by atoms with Crippen molar-refractivity contribution in [3.05, 3.63) is 89.5 Å². The number of benzene rings is 3. The van der Waals surface area contributed by atoms with E-state index in [0.717, 1.165) is 4.90 Å². The van der Waals surface area contributed by atoms with Gasteiger partial charge in [0.1, 0.15) is 29.9 Å². The Morgan fingerprint density at radius 3 is 2.20 bits per heavy atom. The van der Waals surface area contributed by atoms with Crippen molar-refractivity contribution < 1.29 is 43.3 Å². The van der Waals surface area contributed by atoms with Crippen LogP contribution in [-0.4, -0.2) is 79.6 Å². The van der Waals surface area contributed by atoms with Crippen LogP contribution in [0.25, 0.3) is 0 Å². The Bertz CT molecular complexity index is 1620. The number of benzodiazepines with no additional fused rings is 1. The fourth-order valence-electron chi connectivity index (χ4n) is 4.61. The zero-order valence-electron chi connectivity index (χ0n) is 23.7. The number of rotatable bonds is 12. The molecule has 13 nitrogen and oxygen atoms in total. The van der Waals surface area contributed by atoms with Crippen LogP contribution in [0.5, 0.6) is 11.5 Å². The predicted octanol–water partition coefficient (Wildman–Crippen LogP) is 1.37. The Kier molecular flexibility index (Phi) is 9.81. The van der Waals surface area contributed by atoms with Crippen molar-refractivity contribution in [1.82, 2.24) is 10.6 Å². The number of methoxy groups -OCH3 is 2. The van der Waals surface area contributed by atoms with E-state index in [1.165, 1.54) is 26.4 Å². The number of aliphatic carboxylic acids is 1. The van der Waals surface area contributed by atoms with Gasteiger partial charge in [0, 0.05) is 11.1 Å². The molecule has 0 bridgehead atoms. The second kappa shape index (κ2) is 13.9. The summed E-state index contributed by atoms with van der Waals surface area (Å²) in [4.78, 5) is 81.7. The number of aliphatic imine (C=N–C) groups is 1. The normalized spacial score (nSPS) is 14.7. The molecular weight excluding hydrogens is 572 g/mol. The molecule has 1 aliphatic rings. The Morgan fingerprint density at radius 1 is 0.955 bits per heavy atom. The smallest absolute Gasteiger partial charge is 0.305 e. The molecular formula is C31H28N4O9. The van der Waals surface area contributed by atoms with E-state index in [1.807, 2.05) is 0 Å². The average molecular weight is 601 g/mol. The highest BCUT2D eigenvalue weighted by atomic mass is 16.5. The second-order valence-corrected chi connectivity index (χ2v) is 9.44. The molecule has 1 heterocycles. The number of carboxylic acid groups (broad SMARTS) is 1. The van der Waals surface area contributed by atoms with E-state index in [2.05, 4.69) is 15.6 Å². The molecule has 0 spiro atoms. The summed E-state index contributed by atoms with van der Waals surface area (Å²) in [5.74, 6) is -5.12. The maximum atomic E-state index is 14.0. The third-order valence-electron chi connectivity index (χ3n) is 6.59. The van der Waals surface area contributed by atoms with Crippen molar-refractivity contribution in [1.29, 1.82) is 0 Å². The summed E-state index contributed by atoms with van der Waals surface area (Å²) >= 11 is 0. The molecule has 0 radical (unpaired) electrons. The summed E-state index contributed by atoms with van der Waals surface area (Å²) in [5.41, 5.74) is 1.40. The third-order valence-corrected chi connectivity index (χ3v) is 6.59. The molecule has 3 amide bonds. The maximum absolute atomic E-state index is 14.0. The van der Waals surface area contributed by atoms with Crippen LogP contribution in [-0.2, 0) is 24.0 Å². The van der Waals surface area contributed by atoms with E-state index in [-0.39, 0.29) is 29.0 Å². The summed E-state index contributed by atoms with van der Waals surface area (Å²) in [6.45, 7) is -0.655. The lowest BCUT2D eigenvalue weighted by atomic mass is 10.0. The number of carboxylic acids is 1. The number of aldehydes is 1. The van der Waals surface area contributed by atoms with Gasteiger partial charge >= 0.3 is 5.97 Å². The molecule has 0 fully saturated rings. The highest BCUT2D eigenvalue weighted by Crippen LogP contribution is 2.30. The summed E-state index contributed by atoms with van der Waals surface area (Å²) in [7, 11) is 2.64.